The summed E-state index contributed by atoms with van der Waals surface area (Å²) in [5.41, 5.74) is 7.43. The average Bonchev–Trinajstić information content (AvgIpc) is 2.90. The Hall–Kier alpha value is -1.06. The van der Waals surface area contributed by atoms with Gasteiger partial charge in [-0.2, -0.15) is 0 Å². The van der Waals surface area contributed by atoms with Gasteiger partial charge in [-0.15, -0.1) is 0 Å². The minimum atomic E-state index is 0.0669. The van der Waals surface area contributed by atoms with Gasteiger partial charge >= 0.3 is 0 Å². The molecule has 18 heavy (non-hydrogen) atoms. The lowest BCUT2D eigenvalue weighted by Gasteiger charge is -2.18. The normalized spacial score (nSPS) is 21.2. The van der Waals surface area contributed by atoms with Crippen LogP contribution in [0.2, 0.25) is 0 Å². The molecule has 0 aromatic heterocycles. The molecule has 1 aliphatic heterocycles. The van der Waals surface area contributed by atoms with Crippen molar-refractivity contribution in [3.05, 3.63) is 29.8 Å². The van der Waals surface area contributed by atoms with Crippen LogP contribution in [0.1, 0.15) is 31.7 Å². The molecule has 1 saturated heterocycles. The van der Waals surface area contributed by atoms with E-state index >= 15 is 0 Å². The third kappa shape index (κ3) is 3.47. The van der Waals surface area contributed by atoms with E-state index in [-0.39, 0.29) is 6.04 Å². The van der Waals surface area contributed by atoms with E-state index in [0.717, 1.165) is 25.4 Å². The Morgan fingerprint density at radius 2 is 2.06 bits per heavy atom. The second-order valence-electron chi connectivity index (χ2n) is 5.32. The number of hydrogen-bond donors (Lipinski definition) is 1. The second kappa shape index (κ2) is 6.21. The van der Waals surface area contributed by atoms with Crippen LogP contribution in [0.4, 0.5) is 0 Å². The summed E-state index contributed by atoms with van der Waals surface area (Å²) in [7, 11) is 0. The van der Waals surface area contributed by atoms with Crippen molar-refractivity contribution >= 4 is 0 Å². The highest BCUT2D eigenvalue weighted by Gasteiger charge is 2.23. The van der Waals surface area contributed by atoms with Gasteiger partial charge in [0.05, 0.1) is 6.61 Å². The van der Waals surface area contributed by atoms with Crippen LogP contribution >= 0.6 is 0 Å². The lowest BCUT2D eigenvalue weighted by Crippen LogP contribution is -2.36. The number of ether oxygens (including phenoxy) is 2. The maximum Gasteiger partial charge on any atom is 0.119 e. The molecule has 1 aromatic rings. The van der Waals surface area contributed by atoms with Crippen molar-refractivity contribution in [2.24, 2.45) is 11.7 Å². The lowest BCUT2D eigenvalue weighted by molar-refractivity contribution is 0.170. The molecule has 1 aromatic carbocycles. The van der Waals surface area contributed by atoms with Gasteiger partial charge < -0.3 is 15.2 Å². The van der Waals surface area contributed by atoms with Crippen LogP contribution in [-0.2, 0) is 4.74 Å². The molecule has 0 bridgehead atoms. The fraction of sp³-hybridized carbons (Fsp3) is 0.600. The fourth-order valence-corrected chi connectivity index (χ4v) is 2.17. The lowest BCUT2D eigenvalue weighted by atomic mass is 10.0. The minimum absolute atomic E-state index is 0.0669. The van der Waals surface area contributed by atoms with Gasteiger partial charge in [0.1, 0.15) is 12.4 Å². The van der Waals surface area contributed by atoms with Gasteiger partial charge in [-0.3, -0.25) is 0 Å². The summed E-state index contributed by atoms with van der Waals surface area (Å²) >= 11 is 0. The van der Waals surface area contributed by atoms with E-state index in [4.69, 9.17) is 15.2 Å². The molecule has 0 saturated carbocycles. The molecule has 2 atom stereocenters. The monoisotopic (exact) mass is 249 g/mol. The number of hydrogen-bond acceptors (Lipinski definition) is 3. The quantitative estimate of drug-likeness (QED) is 0.872. The third-order valence-corrected chi connectivity index (χ3v) is 3.56. The standard InChI is InChI=1S/C15H23NO2/c1-11(2)12-3-5-14(6-4-12)18-10-15(16)13-7-8-17-9-13/h3-6,11,13,15H,7-10,16H2,1-2H3. The number of rotatable bonds is 5. The zero-order valence-corrected chi connectivity index (χ0v) is 11.3. The third-order valence-electron chi connectivity index (χ3n) is 3.56. The molecule has 0 aliphatic carbocycles. The Balaban J connectivity index is 1.82. The van der Waals surface area contributed by atoms with Crippen molar-refractivity contribution in [3.8, 4) is 5.75 Å². The van der Waals surface area contributed by atoms with E-state index in [1.165, 1.54) is 5.56 Å². The first-order chi connectivity index (χ1) is 8.66. The van der Waals surface area contributed by atoms with Crippen molar-refractivity contribution in [2.45, 2.75) is 32.2 Å². The summed E-state index contributed by atoms with van der Waals surface area (Å²) in [6.45, 7) is 6.55. The summed E-state index contributed by atoms with van der Waals surface area (Å²) in [6.07, 6.45) is 1.05. The molecule has 1 heterocycles. The van der Waals surface area contributed by atoms with Gasteiger partial charge in [0, 0.05) is 18.6 Å². The van der Waals surface area contributed by atoms with Crippen LogP contribution in [0.15, 0.2) is 24.3 Å². The van der Waals surface area contributed by atoms with Gasteiger partial charge in [-0.1, -0.05) is 26.0 Å². The Morgan fingerprint density at radius 1 is 1.33 bits per heavy atom. The van der Waals surface area contributed by atoms with Crippen LogP contribution in [0, 0.1) is 5.92 Å². The summed E-state index contributed by atoms with van der Waals surface area (Å²) in [5.74, 6) is 1.89. The van der Waals surface area contributed by atoms with Crippen LogP contribution < -0.4 is 10.5 Å². The Morgan fingerprint density at radius 3 is 2.61 bits per heavy atom. The van der Waals surface area contributed by atoms with E-state index < -0.39 is 0 Å². The fourth-order valence-electron chi connectivity index (χ4n) is 2.17. The van der Waals surface area contributed by atoms with Crippen molar-refractivity contribution in [1.82, 2.24) is 0 Å². The van der Waals surface area contributed by atoms with E-state index in [0.29, 0.717) is 18.4 Å². The molecule has 1 aliphatic rings. The molecule has 0 radical (unpaired) electrons. The summed E-state index contributed by atoms with van der Waals surface area (Å²) < 4.78 is 11.1. The summed E-state index contributed by atoms with van der Waals surface area (Å²) in [4.78, 5) is 0. The number of benzene rings is 1. The second-order valence-corrected chi connectivity index (χ2v) is 5.32. The van der Waals surface area contributed by atoms with E-state index in [1.54, 1.807) is 0 Å². The molecule has 1 fully saturated rings. The Kier molecular flexibility index (Phi) is 4.61. The predicted molar refractivity (Wildman–Crippen MR) is 72.9 cm³/mol. The smallest absolute Gasteiger partial charge is 0.119 e. The number of nitrogens with two attached hydrogens (primary N) is 1. The highest BCUT2D eigenvalue weighted by molar-refractivity contribution is 5.28. The maximum atomic E-state index is 6.10. The zero-order chi connectivity index (χ0) is 13.0. The van der Waals surface area contributed by atoms with Crippen LogP contribution in [0.5, 0.6) is 5.75 Å². The van der Waals surface area contributed by atoms with Crippen molar-refractivity contribution in [1.29, 1.82) is 0 Å². The average molecular weight is 249 g/mol. The first kappa shape index (κ1) is 13.4. The van der Waals surface area contributed by atoms with E-state index in [1.807, 2.05) is 12.1 Å². The maximum absolute atomic E-state index is 6.10. The van der Waals surface area contributed by atoms with Crippen molar-refractivity contribution in [2.75, 3.05) is 19.8 Å². The summed E-state index contributed by atoms with van der Waals surface area (Å²) in [5, 5.41) is 0. The molecule has 100 valence electrons. The topological polar surface area (TPSA) is 44.5 Å². The SMILES string of the molecule is CC(C)c1ccc(OCC(N)C2CCOC2)cc1. The highest BCUT2D eigenvalue weighted by Crippen LogP contribution is 2.20. The van der Waals surface area contributed by atoms with Crippen molar-refractivity contribution < 1.29 is 9.47 Å². The molecular weight excluding hydrogens is 226 g/mol. The van der Waals surface area contributed by atoms with Crippen LogP contribution in [0.3, 0.4) is 0 Å². The van der Waals surface area contributed by atoms with E-state index in [9.17, 15) is 0 Å². The first-order valence-electron chi connectivity index (χ1n) is 6.73. The Bertz CT molecular complexity index is 355. The molecule has 3 heteroatoms. The molecular formula is C15H23NO2. The minimum Gasteiger partial charge on any atom is -0.492 e. The van der Waals surface area contributed by atoms with Crippen LogP contribution in [0.25, 0.3) is 0 Å². The first-order valence-corrected chi connectivity index (χ1v) is 6.73. The molecule has 0 amide bonds. The van der Waals surface area contributed by atoms with Crippen molar-refractivity contribution in [3.63, 3.8) is 0 Å². The summed E-state index contributed by atoms with van der Waals surface area (Å²) in [6, 6.07) is 8.34. The van der Waals surface area contributed by atoms with Gasteiger partial charge in [-0.25, -0.2) is 0 Å². The van der Waals surface area contributed by atoms with Gasteiger partial charge in [0.15, 0.2) is 0 Å². The largest absolute Gasteiger partial charge is 0.492 e. The van der Waals surface area contributed by atoms with Gasteiger partial charge in [-0.05, 0) is 30.0 Å². The molecule has 2 rings (SSSR count). The molecule has 3 nitrogen and oxygen atoms in total. The van der Waals surface area contributed by atoms with E-state index in [2.05, 4.69) is 26.0 Å². The van der Waals surface area contributed by atoms with Gasteiger partial charge in [0.2, 0.25) is 0 Å². The Labute approximate surface area is 109 Å². The molecule has 2 unspecified atom stereocenters. The van der Waals surface area contributed by atoms with Gasteiger partial charge in [0.25, 0.3) is 0 Å². The van der Waals surface area contributed by atoms with Crippen LogP contribution in [-0.4, -0.2) is 25.9 Å². The highest BCUT2D eigenvalue weighted by atomic mass is 16.5. The zero-order valence-electron chi connectivity index (χ0n) is 11.3. The molecule has 2 N–H and O–H groups in total. The predicted octanol–water partition coefficient (Wildman–Crippen LogP) is 2.55. The molecule has 0 spiro atoms.